The molecule has 0 radical (unpaired) electrons. The van der Waals surface area contributed by atoms with Gasteiger partial charge in [0.1, 0.15) is 18.5 Å². The number of hydrogen-bond acceptors (Lipinski definition) is 1. The lowest BCUT2D eigenvalue weighted by Gasteiger charge is -2.29. The summed E-state index contributed by atoms with van der Waals surface area (Å²) in [5.41, 5.74) is 4.85. The molecule has 230 valence electrons. The van der Waals surface area contributed by atoms with E-state index < -0.39 is 11.6 Å². The SMILES string of the molecule is Cc1c2c(c(CC(C)(C)C)c3ccc(CC(C)C)cc13)Oc1cc3cc(CC(C)(C)C(F)(F)F)ccc3c3cc[n+](C)c-2c13. The van der Waals surface area contributed by atoms with Gasteiger partial charge in [0.2, 0.25) is 5.69 Å². The van der Waals surface area contributed by atoms with Gasteiger partial charge in [-0.25, -0.2) is 4.57 Å². The van der Waals surface area contributed by atoms with Crippen molar-refractivity contribution < 1.29 is 22.5 Å². The number of aryl methyl sites for hydroxylation is 2. The van der Waals surface area contributed by atoms with Crippen molar-refractivity contribution in [3.8, 4) is 22.8 Å². The molecule has 0 unspecified atom stereocenters. The van der Waals surface area contributed by atoms with Gasteiger partial charge in [-0.1, -0.05) is 84.9 Å². The Bertz CT molecular complexity index is 1960. The molecule has 2 heterocycles. The van der Waals surface area contributed by atoms with Crippen molar-refractivity contribution in [2.45, 2.75) is 80.8 Å². The van der Waals surface area contributed by atoms with Gasteiger partial charge >= 0.3 is 6.18 Å². The van der Waals surface area contributed by atoms with Crippen LogP contribution in [0, 0.1) is 23.7 Å². The fourth-order valence-corrected chi connectivity index (χ4v) is 6.97. The lowest BCUT2D eigenvalue weighted by molar-refractivity contribution is -0.659. The molecule has 0 atom stereocenters. The molecule has 0 bridgehead atoms. The smallest absolute Gasteiger partial charge is 0.394 e. The second-order valence-corrected chi connectivity index (χ2v) is 15.2. The van der Waals surface area contributed by atoms with E-state index in [1.54, 1.807) is 0 Å². The Morgan fingerprint density at radius 2 is 1.48 bits per heavy atom. The molecule has 0 spiro atoms. The van der Waals surface area contributed by atoms with Crippen LogP contribution in [0.25, 0.3) is 43.6 Å². The van der Waals surface area contributed by atoms with E-state index >= 15 is 0 Å². The van der Waals surface area contributed by atoms with Crippen molar-refractivity contribution in [2.75, 3.05) is 0 Å². The van der Waals surface area contributed by atoms with Crippen LogP contribution in [0.3, 0.4) is 0 Å². The van der Waals surface area contributed by atoms with Crippen LogP contribution in [-0.4, -0.2) is 6.18 Å². The summed E-state index contributed by atoms with van der Waals surface area (Å²) in [6.07, 6.45) is -0.405. The van der Waals surface area contributed by atoms with Crippen LogP contribution in [-0.2, 0) is 26.3 Å². The van der Waals surface area contributed by atoms with Crippen LogP contribution in [0.5, 0.6) is 11.5 Å². The van der Waals surface area contributed by atoms with Gasteiger partial charge in [-0.05, 0) is 81.8 Å². The average molecular weight is 599 g/mol. The van der Waals surface area contributed by atoms with E-state index in [1.807, 2.05) is 24.3 Å². The van der Waals surface area contributed by atoms with E-state index in [-0.39, 0.29) is 11.8 Å². The van der Waals surface area contributed by atoms with Crippen LogP contribution >= 0.6 is 0 Å². The molecular formula is C39H43F3NO+. The molecule has 1 aliphatic rings. The lowest BCUT2D eigenvalue weighted by atomic mass is 9.81. The summed E-state index contributed by atoms with van der Waals surface area (Å²) in [5.74, 6) is 2.21. The zero-order valence-electron chi connectivity index (χ0n) is 27.4. The van der Waals surface area contributed by atoms with Crippen LogP contribution in [0.1, 0.15) is 70.7 Å². The second kappa shape index (κ2) is 10.2. The standard InChI is InChI=1S/C39H43F3NO/c1-22(2)16-24-10-13-28-30(18-24)23(3)33-35-34-29(14-15-43(35)9)27-12-11-25(20-38(7,8)39(40,41)42)17-26(27)19-32(34)44-36(33)31(28)21-37(4,5)6/h10-15,17-19,22H,16,20-21H2,1-9H3/q+1. The number of pyridine rings is 1. The molecule has 0 aliphatic carbocycles. The van der Waals surface area contributed by atoms with Gasteiger partial charge in [0.25, 0.3) is 0 Å². The first kappa shape index (κ1) is 30.4. The van der Waals surface area contributed by atoms with E-state index in [1.165, 1.54) is 41.3 Å². The molecule has 5 heteroatoms. The molecule has 1 aromatic heterocycles. The number of halogens is 3. The van der Waals surface area contributed by atoms with Gasteiger partial charge < -0.3 is 4.74 Å². The molecule has 0 saturated carbocycles. The fourth-order valence-electron chi connectivity index (χ4n) is 6.97. The van der Waals surface area contributed by atoms with Crippen molar-refractivity contribution >= 4 is 32.3 Å². The zero-order valence-corrected chi connectivity index (χ0v) is 27.4. The monoisotopic (exact) mass is 598 g/mol. The van der Waals surface area contributed by atoms with Crippen molar-refractivity contribution in [1.29, 1.82) is 0 Å². The Morgan fingerprint density at radius 1 is 0.795 bits per heavy atom. The van der Waals surface area contributed by atoms with Gasteiger partial charge in [-0.3, -0.25) is 0 Å². The first-order valence-corrected chi connectivity index (χ1v) is 15.7. The van der Waals surface area contributed by atoms with E-state index in [4.69, 9.17) is 4.74 Å². The van der Waals surface area contributed by atoms with Gasteiger partial charge in [0.15, 0.2) is 6.20 Å². The van der Waals surface area contributed by atoms with E-state index in [0.29, 0.717) is 11.5 Å². The maximum atomic E-state index is 13.7. The molecule has 1 aliphatic heterocycles. The number of hydrogen-bond donors (Lipinski definition) is 0. The Kier molecular flexibility index (Phi) is 7.07. The summed E-state index contributed by atoms with van der Waals surface area (Å²) in [6, 6.07) is 16.8. The number of nitrogens with zero attached hydrogens (tertiary/aromatic N) is 1. The van der Waals surface area contributed by atoms with E-state index in [2.05, 4.69) is 83.6 Å². The largest absolute Gasteiger partial charge is 0.455 e. The highest BCUT2D eigenvalue weighted by atomic mass is 19.4. The molecule has 0 fully saturated rings. The highest BCUT2D eigenvalue weighted by Crippen LogP contribution is 2.53. The predicted molar refractivity (Wildman–Crippen MR) is 176 cm³/mol. The minimum Gasteiger partial charge on any atom is -0.455 e. The summed E-state index contributed by atoms with van der Waals surface area (Å²) in [4.78, 5) is 0. The summed E-state index contributed by atoms with van der Waals surface area (Å²) in [5, 5.41) is 6.48. The fraction of sp³-hybridized carbons (Fsp3) is 0.410. The molecule has 0 amide bonds. The highest BCUT2D eigenvalue weighted by Gasteiger charge is 2.47. The van der Waals surface area contributed by atoms with E-state index in [0.717, 1.165) is 57.1 Å². The molecule has 4 aromatic carbocycles. The zero-order chi connectivity index (χ0) is 31.9. The predicted octanol–water partition coefficient (Wildman–Crippen LogP) is 11.0. The summed E-state index contributed by atoms with van der Waals surface area (Å²) < 4.78 is 50.4. The number of ether oxygens (including phenoxy) is 1. The third kappa shape index (κ3) is 5.12. The second-order valence-electron chi connectivity index (χ2n) is 15.2. The first-order valence-electron chi connectivity index (χ1n) is 15.7. The van der Waals surface area contributed by atoms with Gasteiger partial charge in [-0.2, -0.15) is 13.2 Å². The minimum absolute atomic E-state index is 0.0218. The number of alkyl halides is 3. The maximum absolute atomic E-state index is 13.7. The summed E-state index contributed by atoms with van der Waals surface area (Å²) in [7, 11) is 2.09. The minimum atomic E-state index is -4.28. The van der Waals surface area contributed by atoms with Crippen molar-refractivity contribution in [1.82, 2.24) is 0 Å². The third-order valence-electron chi connectivity index (χ3n) is 9.17. The summed E-state index contributed by atoms with van der Waals surface area (Å²) in [6.45, 7) is 16.0. The quantitative estimate of drug-likeness (QED) is 0.142. The van der Waals surface area contributed by atoms with Crippen LogP contribution < -0.4 is 9.30 Å². The van der Waals surface area contributed by atoms with Crippen molar-refractivity contribution in [3.05, 3.63) is 77.0 Å². The Hall–Kier alpha value is -3.60. The average Bonchev–Trinajstić information content (AvgIpc) is 2.90. The van der Waals surface area contributed by atoms with Crippen LogP contribution in [0.4, 0.5) is 13.2 Å². The molecule has 0 N–H and O–H groups in total. The normalized spacial score (nSPS) is 13.7. The summed E-state index contributed by atoms with van der Waals surface area (Å²) >= 11 is 0. The highest BCUT2D eigenvalue weighted by molar-refractivity contribution is 6.16. The Morgan fingerprint density at radius 3 is 2.14 bits per heavy atom. The van der Waals surface area contributed by atoms with Crippen LogP contribution in [0.2, 0.25) is 0 Å². The number of rotatable bonds is 5. The van der Waals surface area contributed by atoms with Crippen molar-refractivity contribution in [2.24, 2.45) is 23.8 Å². The third-order valence-corrected chi connectivity index (χ3v) is 9.17. The first-order chi connectivity index (χ1) is 20.4. The van der Waals surface area contributed by atoms with E-state index in [9.17, 15) is 13.2 Å². The topological polar surface area (TPSA) is 13.1 Å². The van der Waals surface area contributed by atoms with Gasteiger partial charge in [0.05, 0.1) is 16.4 Å². The van der Waals surface area contributed by atoms with Crippen molar-refractivity contribution in [3.63, 3.8) is 0 Å². The van der Waals surface area contributed by atoms with Gasteiger partial charge in [0, 0.05) is 17.0 Å². The maximum Gasteiger partial charge on any atom is 0.394 e. The van der Waals surface area contributed by atoms with Gasteiger partial charge in [-0.15, -0.1) is 0 Å². The molecule has 5 aromatic rings. The Labute approximate surface area is 258 Å². The molecule has 2 nitrogen and oxygen atoms in total. The molecule has 0 saturated heterocycles. The number of benzene rings is 4. The molecular weight excluding hydrogens is 555 g/mol. The number of aromatic nitrogens is 1. The lowest BCUT2D eigenvalue weighted by Crippen LogP contribution is -2.34. The number of fused-ring (bicyclic) bond motifs is 5. The van der Waals surface area contributed by atoms with Crippen LogP contribution in [0.15, 0.2) is 54.7 Å². The molecule has 6 rings (SSSR count). The Balaban J connectivity index is 1.64. The molecule has 44 heavy (non-hydrogen) atoms.